The molecule has 0 aliphatic heterocycles. The van der Waals surface area contributed by atoms with E-state index in [1.807, 2.05) is 66.2 Å². The molecule has 2 aromatic heterocycles. The number of rotatable bonds is 3. The van der Waals surface area contributed by atoms with Gasteiger partial charge in [0.15, 0.2) is 0 Å². The van der Waals surface area contributed by atoms with Crippen molar-refractivity contribution in [1.29, 1.82) is 0 Å². The van der Waals surface area contributed by atoms with E-state index in [9.17, 15) is 4.79 Å². The molecule has 0 aliphatic rings. The third-order valence-corrected chi connectivity index (χ3v) is 4.54. The molecule has 6 heteroatoms. The second kappa shape index (κ2) is 6.72. The second-order valence-electron chi connectivity index (χ2n) is 5.94. The average molecular weight is 407 g/mol. The summed E-state index contributed by atoms with van der Waals surface area (Å²) in [4.78, 5) is 21.2. The largest absolute Gasteiger partial charge is 0.322 e. The van der Waals surface area contributed by atoms with Crippen LogP contribution in [0.2, 0.25) is 0 Å². The number of halogens is 1. The van der Waals surface area contributed by atoms with Gasteiger partial charge in [0.05, 0.1) is 5.69 Å². The normalized spacial score (nSPS) is 10.8. The molecule has 0 saturated carbocycles. The lowest BCUT2D eigenvalue weighted by molar-refractivity contribution is 0.102. The number of benzene rings is 2. The Morgan fingerprint density at radius 3 is 2.46 bits per heavy atom. The number of fused-ring (bicyclic) bond motifs is 1. The van der Waals surface area contributed by atoms with Gasteiger partial charge in [0.2, 0.25) is 5.78 Å². The minimum absolute atomic E-state index is 0.141. The average Bonchev–Trinajstić information content (AvgIpc) is 3.06. The van der Waals surface area contributed by atoms with E-state index in [1.165, 1.54) is 0 Å². The number of imidazole rings is 1. The highest BCUT2D eigenvalue weighted by molar-refractivity contribution is 9.10. The van der Waals surface area contributed by atoms with E-state index in [1.54, 1.807) is 12.1 Å². The van der Waals surface area contributed by atoms with Gasteiger partial charge in [-0.15, -0.1) is 0 Å². The van der Waals surface area contributed by atoms with E-state index in [0.717, 1.165) is 27.1 Å². The van der Waals surface area contributed by atoms with Crippen molar-refractivity contribution >= 4 is 33.3 Å². The van der Waals surface area contributed by atoms with E-state index in [4.69, 9.17) is 0 Å². The zero-order valence-corrected chi connectivity index (χ0v) is 15.6. The number of hydrogen-bond acceptors (Lipinski definition) is 3. The van der Waals surface area contributed by atoms with Crippen molar-refractivity contribution in [3.8, 4) is 11.3 Å². The lowest BCUT2D eigenvalue weighted by atomic mass is 10.1. The first-order chi connectivity index (χ1) is 12.6. The molecule has 4 rings (SSSR count). The molecule has 2 heterocycles. The van der Waals surface area contributed by atoms with Crippen molar-refractivity contribution in [3.05, 3.63) is 82.7 Å². The van der Waals surface area contributed by atoms with Gasteiger partial charge < -0.3 is 5.32 Å². The lowest BCUT2D eigenvalue weighted by Crippen LogP contribution is -2.11. The molecule has 0 radical (unpaired) electrons. The smallest absolute Gasteiger partial charge is 0.255 e. The molecular formula is C20H15BrN4O. The quantitative estimate of drug-likeness (QED) is 0.535. The van der Waals surface area contributed by atoms with Crippen LogP contribution in [0, 0.1) is 6.92 Å². The predicted molar refractivity (Wildman–Crippen MR) is 105 cm³/mol. The van der Waals surface area contributed by atoms with Crippen LogP contribution < -0.4 is 5.32 Å². The maximum atomic E-state index is 12.3. The Labute approximate surface area is 158 Å². The Morgan fingerprint density at radius 1 is 1.00 bits per heavy atom. The van der Waals surface area contributed by atoms with E-state index in [0.29, 0.717) is 11.3 Å². The van der Waals surface area contributed by atoms with Gasteiger partial charge in [0.25, 0.3) is 5.91 Å². The number of carbonyl (C=O) groups is 1. The van der Waals surface area contributed by atoms with Gasteiger partial charge in [-0.1, -0.05) is 28.1 Å². The van der Waals surface area contributed by atoms with Crippen LogP contribution in [0.1, 0.15) is 16.1 Å². The number of nitrogens with zero attached hydrogens (tertiary/aromatic N) is 3. The molecule has 0 saturated heterocycles. The Bertz CT molecular complexity index is 1090. The fourth-order valence-electron chi connectivity index (χ4n) is 2.63. The van der Waals surface area contributed by atoms with E-state index in [2.05, 4.69) is 31.2 Å². The zero-order chi connectivity index (χ0) is 18.1. The summed E-state index contributed by atoms with van der Waals surface area (Å²) in [6, 6.07) is 16.8. The van der Waals surface area contributed by atoms with E-state index in [-0.39, 0.29) is 5.91 Å². The molecule has 0 aliphatic carbocycles. The molecule has 26 heavy (non-hydrogen) atoms. The van der Waals surface area contributed by atoms with Gasteiger partial charge in [-0.2, -0.15) is 0 Å². The first-order valence-corrected chi connectivity index (χ1v) is 8.87. The molecule has 2 aromatic carbocycles. The molecule has 0 spiro atoms. The Balaban J connectivity index is 1.54. The molecule has 0 bridgehead atoms. The van der Waals surface area contributed by atoms with Crippen LogP contribution in [0.4, 0.5) is 5.69 Å². The third kappa shape index (κ3) is 3.36. The standard InChI is InChI=1S/C20H15BrN4O/c1-13-10-11-25-12-18(24-20(25)22-13)14-4-8-17(9-5-14)23-19(26)15-2-6-16(21)7-3-15/h2-12H,1H3,(H,23,26). The summed E-state index contributed by atoms with van der Waals surface area (Å²) in [7, 11) is 0. The van der Waals surface area contributed by atoms with E-state index >= 15 is 0 Å². The Hall–Kier alpha value is -2.99. The lowest BCUT2D eigenvalue weighted by Gasteiger charge is -2.06. The molecule has 0 atom stereocenters. The Morgan fingerprint density at radius 2 is 1.73 bits per heavy atom. The number of nitrogens with one attached hydrogen (secondary N) is 1. The number of aryl methyl sites for hydroxylation is 1. The number of amides is 1. The zero-order valence-electron chi connectivity index (χ0n) is 14.0. The summed E-state index contributed by atoms with van der Waals surface area (Å²) in [5, 5.41) is 2.90. The maximum absolute atomic E-state index is 12.3. The predicted octanol–water partition coefficient (Wildman–Crippen LogP) is 4.72. The summed E-state index contributed by atoms with van der Waals surface area (Å²) in [5.74, 6) is 0.533. The van der Waals surface area contributed by atoms with Crippen molar-refractivity contribution in [1.82, 2.24) is 14.4 Å². The van der Waals surface area contributed by atoms with Crippen molar-refractivity contribution in [2.45, 2.75) is 6.92 Å². The van der Waals surface area contributed by atoms with Crippen LogP contribution in [0.25, 0.3) is 17.0 Å². The SMILES string of the molecule is Cc1ccn2cc(-c3ccc(NC(=O)c4ccc(Br)cc4)cc3)nc2n1. The number of aromatic nitrogens is 3. The maximum Gasteiger partial charge on any atom is 0.255 e. The van der Waals surface area contributed by atoms with Crippen LogP contribution in [-0.2, 0) is 0 Å². The molecular weight excluding hydrogens is 392 g/mol. The summed E-state index contributed by atoms with van der Waals surface area (Å²) in [5.41, 5.74) is 4.09. The molecule has 4 aromatic rings. The van der Waals surface area contributed by atoms with Gasteiger partial charge in [-0.3, -0.25) is 9.20 Å². The molecule has 1 amide bonds. The summed E-state index contributed by atoms with van der Waals surface area (Å²) in [6.45, 7) is 1.94. The molecule has 0 unspecified atom stereocenters. The van der Waals surface area contributed by atoms with Crippen LogP contribution in [0.5, 0.6) is 0 Å². The van der Waals surface area contributed by atoms with Gasteiger partial charge in [-0.25, -0.2) is 9.97 Å². The van der Waals surface area contributed by atoms with Crippen molar-refractivity contribution in [2.75, 3.05) is 5.32 Å². The van der Waals surface area contributed by atoms with Crippen molar-refractivity contribution < 1.29 is 4.79 Å². The second-order valence-corrected chi connectivity index (χ2v) is 6.86. The summed E-state index contributed by atoms with van der Waals surface area (Å²) in [6.07, 6.45) is 3.89. The molecule has 1 N–H and O–H groups in total. The number of anilines is 1. The fourth-order valence-corrected chi connectivity index (χ4v) is 2.89. The number of carbonyl (C=O) groups excluding carboxylic acids is 1. The van der Waals surface area contributed by atoms with E-state index < -0.39 is 0 Å². The number of hydrogen-bond donors (Lipinski definition) is 1. The summed E-state index contributed by atoms with van der Waals surface area (Å²) < 4.78 is 2.83. The summed E-state index contributed by atoms with van der Waals surface area (Å²) >= 11 is 3.36. The van der Waals surface area contributed by atoms with Gasteiger partial charge >= 0.3 is 0 Å². The van der Waals surface area contributed by atoms with Crippen LogP contribution in [0.15, 0.2) is 71.5 Å². The molecule has 0 fully saturated rings. The van der Waals surface area contributed by atoms with Gasteiger partial charge in [0.1, 0.15) is 0 Å². The Kier molecular flexibility index (Phi) is 4.26. The third-order valence-electron chi connectivity index (χ3n) is 4.01. The van der Waals surface area contributed by atoms with Crippen LogP contribution >= 0.6 is 15.9 Å². The van der Waals surface area contributed by atoms with Gasteiger partial charge in [-0.05, 0) is 49.4 Å². The van der Waals surface area contributed by atoms with Crippen molar-refractivity contribution in [3.63, 3.8) is 0 Å². The first kappa shape index (κ1) is 16.5. The minimum atomic E-state index is -0.141. The van der Waals surface area contributed by atoms with Gasteiger partial charge in [0, 0.05) is 39.4 Å². The van der Waals surface area contributed by atoms with Crippen LogP contribution in [-0.4, -0.2) is 20.3 Å². The highest BCUT2D eigenvalue weighted by atomic mass is 79.9. The highest BCUT2D eigenvalue weighted by Crippen LogP contribution is 2.21. The topological polar surface area (TPSA) is 59.3 Å². The monoisotopic (exact) mass is 406 g/mol. The minimum Gasteiger partial charge on any atom is -0.322 e. The molecule has 5 nitrogen and oxygen atoms in total. The fraction of sp³-hybridized carbons (Fsp3) is 0.0500. The van der Waals surface area contributed by atoms with Crippen LogP contribution in [0.3, 0.4) is 0 Å². The molecule has 128 valence electrons. The van der Waals surface area contributed by atoms with Crippen molar-refractivity contribution in [2.24, 2.45) is 0 Å². The first-order valence-electron chi connectivity index (χ1n) is 8.08. The highest BCUT2D eigenvalue weighted by Gasteiger charge is 2.08.